The van der Waals surface area contributed by atoms with Crippen LogP contribution < -0.4 is 10.2 Å². The summed E-state index contributed by atoms with van der Waals surface area (Å²) in [5.41, 5.74) is 2.49. The number of carbonyl (C=O) groups is 5. The molecule has 41 heavy (non-hydrogen) atoms. The molecular formula is C30H21ClN2O7S. The molecule has 5 rings (SSSR count). The first-order chi connectivity index (χ1) is 19.8. The average Bonchev–Trinajstić information content (AvgIpc) is 3.50. The van der Waals surface area contributed by atoms with Crippen molar-refractivity contribution in [1.29, 1.82) is 0 Å². The number of hydrogen-bond donors (Lipinski definition) is 1. The molecule has 1 aliphatic rings. The lowest BCUT2D eigenvalue weighted by Crippen LogP contribution is -2.29. The van der Waals surface area contributed by atoms with Crippen LogP contribution in [-0.4, -0.2) is 42.9 Å². The fourth-order valence-corrected chi connectivity index (χ4v) is 5.34. The average molecular weight is 589 g/mol. The number of rotatable bonds is 8. The quantitative estimate of drug-likeness (QED) is 0.203. The van der Waals surface area contributed by atoms with E-state index < -0.39 is 36.3 Å². The Balaban J connectivity index is 1.24. The van der Waals surface area contributed by atoms with Gasteiger partial charge in [0.1, 0.15) is 10.6 Å². The van der Waals surface area contributed by atoms with Crippen LogP contribution in [-0.2, 0) is 14.3 Å². The highest BCUT2D eigenvalue weighted by molar-refractivity contribution is 7.15. The van der Waals surface area contributed by atoms with Gasteiger partial charge in [0, 0.05) is 16.0 Å². The lowest BCUT2D eigenvalue weighted by atomic mass is 10.0. The van der Waals surface area contributed by atoms with Gasteiger partial charge in [-0.15, -0.1) is 11.3 Å². The Bertz CT molecular complexity index is 1640. The van der Waals surface area contributed by atoms with Crippen molar-refractivity contribution in [2.45, 2.75) is 6.92 Å². The summed E-state index contributed by atoms with van der Waals surface area (Å²) in [5.74, 6) is -2.95. The van der Waals surface area contributed by atoms with Crippen LogP contribution in [0.15, 0.2) is 78.2 Å². The zero-order valence-corrected chi connectivity index (χ0v) is 23.1. The number of anilines is 2. The summed E-state index contributed by atoms with van der Waals surface area (Å²) >= 11 is 7.11. The molecule has 0 saturated carbocycles. The molecule has 3 aromatic carbocycles. The standard InChI is InChI=1S/C30H21ClN2O7S/c1-2-39-30(38)25-23(17-7-11-19(31)12-8-17)16-41-26(25)32-24(34)15-40-29(37)18-9-13-20(14-10-18)33-27(35)21-5-3-4-6-22(21)28(33)36/h3-14,16H,2,15H2,1H3,(H,32,34). The molecule has 0 aliphatic carbocycles. The number of amides is 3. The molecule has 2 heterocycles. The molecule has 1 N–H and O–H groups in total. The molecule has 0 fully saturated rings. The van der Waals surface area contributed by atoms with Crippen LogP contribution in [0.1, 0.15) is 48.4 Å². The van der Waals surface area contributed by atoms with Crippen LogP contribution >= 0.6 is 22.9 Å². The van der Waals surface area contributed by atoms with Crippen LogP contribution in [0.3, 0.4) is 0 Å². The fraction of sp³-hybridized carbons (Fsp3) is 0.100. The third kappa shape index (κ3) is 5.60. The fourth-order valence-electron chi connectivity index (χ4n) is 4.25. The summed E-state index contributed by atoms with van der Waals surface area (Å²) in [4.78, 5) is 64.4. The predicted octanol–water partition coefficient (Wildman–Crippen LogP) is 5.84. The second-order valence-electron chi connectivity index (χ2n) is 8.74. The first-order valence-electron chi connectivity index (χ1n) is 12.4. The summed E-state index contributed by atoms with van der Waals surface area (Å²) in [6.07, 6.45) is 0. The number of fused-ring (bicyclic) bond motifs is 1. The van der Waals surface area contributed by atoms with Crippen LogP contribution in [0, 0.1) is 0 Å². The van der Waals surface area contributed by atoms with E-state index in [0.717, 1.165) is 16.2 Å². The molecule has 0 bridgehead atoms. The normalized spacial score (nSPS) is 12.2. The molecule has 1 aromatic heterocycles. The van der Waals surface area contributed by atoms with Gasteiger partial charge in [-0.1, -0.05) is 35.9 Å². The Morgan fingerprint density at radius 1 is 0.829 bits per heavy atom. The third-order valence-corrected chi connectivity index (χ3v) is 7.32. The lowest BCUT2D eigenvalue weighted by Gasteiger charge is -2.14. The van der Waals surface area contributed by atoms with Gasteiger partial charge in [-0.3, -0.25) is 14.4 Å². The molecule has 0 atom stereocenters. The maximum atomic E-state index is 12.7. The Labute approximate surface area is 243 Å². The van der Waals surface area contributed by atoms with Gasteiger partial charge in [0.05, 0.1) is 29.0 Å². The molecule has 1 aliphatic heterocycles. The first-order valence-corrected chi connectivity index (χ1v) is 13.6. The molecular weight excluding hydrogens is 568 g/mol. The maximum absolute atomic E-state index is 12.7. The van der Waals surface area contributed by atoms with Gasteiger partial charge in [0.2, 0.25) is 0 Å². The molecule has 4 aromatic rings. The maximum Gasteiger partial charge on any atom is 0.341 e. The Hall–Kier alpha value is -4.80. The number of nitrogens with zero attached hydrogens (tertiary/aromatic N) is 1. The largest absolute Gasteiger partial charge is 0.462 e. The Morgan fingerprint density at radius 3 is 2.07 bits per heavy atom. The van der Waals surface area contributed by atoms with Crippen molar-refractivity contribution in [2.75, 3.05) is 23.4 Å². The lowest BCUT2D eigenvalue weighted by molar-refractivity contribution is -0.119. The van der Waals surface area contributed by atoms with Crippen LogP contribution in [0.4, 0.5) is 10.7 Å². The molecule has 0 spiro atoms. The monoisotopic (exact) mass is 588 g/mol. The molecule has 11 heteroatoms. The number of thiophene rings is 1. The third-order valence-electron chi connectivity index (χ3n) is 6.17. The highest BCUT2D eigenvalue weighted by Crippen LogP contribution is 2.36. The van der Waals surface area contributed by atoms with E-state index in [1.165, 1.54) is 24.3 Å². The number of halogens is 1. The minimum atomic E-state index is -0.785. The van der Waals surface area contributed by atoms with Crippen molar-refractivity contribution in [3.8, 4) is 11.1 Å². The number of carbonyl (C=O) groups excluding carboxylic acids is 5. The molecule has 9 nitrogen and oxygen atoms in total. The molecule has 0 radical (unpaired) electrons. The van der Waals surface area contributed by atoms with E-state index in [-0.39, 0.29) is 22.7 Å². The number of benzene rings is 3. The van der Waals surface area contributed by atoms with E-state index in [1.807, 2.05) is 0 Å². The number of ether oxygens (including phenoxy) is 2. The van der Waals surface area contributed by atoms with Gasteiger partial charge in [-0.2, -0.15) is 0 Å². The zero-order chi connectivity index (χ0) is 29.1. The first kappa shape index (κ1) is 27.8. The van der Waals surface area contributed by atoms with Crippen LogP contribution in [0.5, 0.6) is 0 Å². The number of imide groups is 1. The van der Waals surface area contributed by atoms with Gasteiger partial charge in [-0.05, 0) is 61.0 Å². The number of esters is 2. The summed E-state index contributed by atoms with van der Waals surface area (Å²) in [6.45, 7) is 1.21. The minimum absolute atomic E-state index is 0.117. The Morgan fingerprint density at radius 2 is 1.46 bits per heavy atom. The van der Waals surface area contributed by atoms with Gasteiger partial charge in [0.15, 0.2) is 6.61 Å². The van der Waals surface area contributed by atoms with E-state index in [0.29, 0.717) is 33.0 Å². The summed E-state index contributed by atoms with van der Waals surface area (Å²) in [5, 5.41) is 5.12. The second-order valence-corrected chi connectivity index (χ2v) is 10.1. The predicted molar refractivity (Wildman–Crippen MR) is 154 cm³/mol. The molecule has 206 valence electrons. The minimum Gasteiger partial charge on any atom is -0.462 e. The molecule has 0 unspecified atom stereocenters. The SMILES string of the molecule is CCOC(=O)c1c(-c2ccc(Cl)cc2)csc1NC(=O)COC(=O)c1ccc(N2C(=O)c3ccccc3C2=O)cc1. The van der Waals surface area contributed by atoms with Crippen molar-refractivity contribution in [3.63, 3.8) is 0 Å². The van der Waals surface area contributed by atoms with Gasteiger partial charge in [0.25, 0.3) is 17.7 Å². The van der Waals surface area contributed by atoms with E-state index in [9.17, 15) is 24.0 Å². The van der Waals surface area contributed by atoms with Gasteiger partial charge < -0.3 is 14.8 Å². The van der Waals surface area contributed by atoms with Crippen LogP contribution in [0.25, 0.3) is 11.1 Å². The highest BCUT2D eigenvalue weighted by Gasteiger charge is 2.36. The van der Waals surface area contributed by atoms with Crippen molar-refractivity contribution in [3.05, 3.63) is 105 Å². The summed E-state index contributed by atoms with van der Waals surface area (Å²) < 4.78 is 10.3. The van der Waals surface area contributed by atoms with E-state index in [4.69, 9.17) is 21.1 Å². The van der Waals surface area contributed by atoms with Gasteiger partial charge >= 0.3 is 11.9 Å². The van der Waals surface area contributed by atoms with Crippen molar-refractivity contribution in [1.82, 2.24) is 0 Å². The van der Waals surface area contributed by atoms with Crippen molar-refractivity contribution < 1.29 is 33.4 Å². The summed E-state index contributed by atoms with van der Waals surface area (Å²) in [7, 11) is 0. The Kier molecular flexibility index (Phi) is 7.95. The highest BCUT2D eigenvalue weighted by atomic mass is 35.5. The van der Waals surface area contributed by atoms with Crippen LogP contribution in [0.2, 0.25) is 5.02 Å². The molecule has 3 amide bonds. The summed E-state index contributed by atoms with van der Waals surface area (Å²) in [6, 6.07) is 19.1. The van der Waals surface area contributed by atoms with Crippen molar-refractivity contribution >= 4 is 63.3 Å². The van der Waals surface area contributed by atoms with Gasteiger partial charge in [-0.25, -0.2) is 14.5 Å². The zero-order valence-electron chi connectivity index (χ0n) is 21.5. The molecule has 0 saturated heterocycles. The number of hydrogen-bond acceptors (Lipinski definition) is 8. The van der Waals surface area contributed by atoms with E-state index in [2.05, 4.69) is 5.32 Å². The van der Waals surface area contributed by atoms with E-state index >= 15 is 0 Å². The topological polar surface area (TPSA) is 119 Å². The smallest absolute Gasteiger partial charge is 0.341 e. The number of nitrogens with one attached hydrogen (secondary N) is 1. The van der Waals surface area contributed by atoms with E-state index in [1.54, 1.807) is 60.8 Å². The second kappa shape index (κ2) is 11.7. The van der Waals surface area contributed by atoms with Crippen molar-refractivity contribution in [2.24, 2.45) is 0 Å².